The van der Waals surface area contributed by atoms with E-state index in [2.05, 4.69) is 42.3 Å². The Morgan fingerprint density at radius 3 is 2.81 bits per heavy atom. The minimum atomic E-state index is -0.165. The fraction of sp³-hybridized carbons (Fsp3) is 0.138. The van der Waals surface area contributed by atoms with Gasteiger partial charge in [-0.15, -0.1) is 11.3 Å². The van der Waals surface area contributed by atoms with Gasteiger partial charge in [-0.1, -0.05) is 30.3 Å². The van der Waals surface area contributed by atoms with Crippen LogP contribution in [0.2, 0.25) is 0 Å². The lowest BCUT2D eigenvalue weighted by Gasteiger charge is -2.18. The Kier molecular flexibility index (Phi) is 5.73. The van der Waals surface area contributed by atoms with E-state index in [0.717, 1.165) is 49.5 Å². The quantitative estimate of drug-likeness (QED) is 0.290. The van der Waals surface area contributed by atoms with E-state index >= 15 is 0 Å². The van der Waals surface area contributed by atoms with E-state index in [1.807, 2.05) is 65.7 Å². The van der Waals surface area contributed by atoms with Crippen molar-refractivity contribution in [3.63, 3.8) is 0 Å². The van der Waals surface area contributed by atoms with Crippen molar-refractivity contribution in [1.82, 2.24) is 9.66 Å². The molecule has 1 aliphatic heterocycles. The molecule has 1 amide bonds. The number of nitrogens with zero attached hydrogens (tertiary/aromatic N) is 3. The van der Waals surface area contributed by atoms with Crippen LogP contribution in [0.15, 0.2) is 76.1 Å². The third-order valence-electron chi connectivity index (χ3n) is 6.63. The summed E-state index contributed by atoms with van der Waals surface area (Å²) in [4.78, 5) is 21.1. The molecule has 6 rings (SSSR count). The SMILES string of the molecule is Cc1cccc(N=c2scc(-c3ccc4c(c3)NC(=O)CO4)n2N=Cc2c(C)[nH]c3ccccc23)c1C. The van der Waals surface area contributed by atoms with Crippen molar-refractivity contribution in [3.8, 4) is 17.0 Å². The zero-order chi connectivity index (χ0) is 25.5. The van der Waals surface area contributed by atoms with Gasteiger partial charge >= 0.3 is 0 Å². The summed E-state index contributed by atoms with van der Waals surface area (Å²) in [5.74, 6) is 0.490. The number of para-hydroxylation sites is 1. The number of amides is 1. The van der Waals surface area contributed by atoms with Crippen molar-refractivity contribution in [2.75, 3.05) is 11.9 Å². The van der Waals surface area contributed by atoms with E-state index in [1.54, 1.807) is 0 Å². The van der Waals surface area contributed by atoms with Gasteiger partial charge in [-0.05, 0) is 62.2 Å². The summed E-state index contributed by atoms with van der Waals surface area (Å²) >= 11 is 1.52. The van der Waals surface area contributed by atoms with Crippen LogP contribution in [-0.2, 0) is 4.79 Å². The molecule has 0 bridgehead atoms. The number of rotatable bonds is 4. The molecule has 0 atom stereocenters. The Bertz CT molecular complexity index is 1770. The molecule has 0 unspecified atom stereocenters. The number of thiazole rings is 1. The topological polar surface area (TPSA) is 83.8 Å². The molecule has 0 spiro atoms. The molecule has 2 N–H and O–H groups in total. The average Bonchev–Trinajstić information content (AvgIpc) is 3.44. The summed E-state index contributed by atoms with van der Waals surface area (Å²) in [5.41, 5.74) is 8.79. The highest BCUT2D eigenvalue weighted by atomic mass is 32.1. The lowest BCUT2D eigenvalue weighted by atomic mass is 10.1. The minimum absolute atomic E-state index is 0.0257. The second-order valence-corrected chi connectivity index (χ2v) is 9.88. The molecule has 7 nitrogen and oxygen atoms in total. The normalized spacial score (nSPS) is 13.7. The van der Waals surface area contributed by atoms with Crippen molar-refractivity contribution < 1.29 is 9.53 Å². The maximum atomic E-state index is 11.9. The number of anilines is 1. The number of carbonyl (C=O) groups is 1. The first-order valence-electron chi connectivity index (χ1n) is 12.0. The summed E-state index contributed by atoms with van der Waals surface area (Å²) in [6.45, 7) is 6.24. The van der Waals surface area contributed by atoms with Gasteiger partial charge in [-0.3, -0.25) is 4.79 Å². The van der Waals surface area contributed by atoms with Gasteiger partial charge in [0, 0.05) is 33.1 Å². The summed E-state index contributed by atoms with van der Waals surface area (Å²) in [7, 11) is 0. The molecule has 0 fully saturated rings. The molecule has 0 aliphatic carbocycles. The first-order chi connectivity index (χ1) is 18.0. The molecular formula is C29H25N5O2S. The molecule has 184 valence electrons. The monoisotopic (exact) mass is 507 g/mol. The van der Waals surface area contributed by atoms with E-state index in [9.17, 15) is 4.79 Å². The van der Waals surface area contributed by atoms with Crippen LogP contribution >= 0.6 is 11.3 Å². The van der Waals surface area contributed by atoms with Gasteiger partial charge in [0.1, 0.15) is 5.75 Å². The number of H-pyrrole nitrogens is 1. The number of carbonyl (C=O) groups excluding carboxylic acids is 1. The van der Waals surface area contributed by atoms with E-state index in [0.29, 0.717) is 11.4 Å². The first kappa shape index (κ1) is 23.0. The van der Waals surface area contributed by atoms with Crippen molar-refractivity contribution in [2.24, 2.45) is 10.1 Å². The third-order valence-corrected chi connectivity index (χ3v) is 7.45. The highest BCUT2D eigenvalue weighted by Gasteiger charge is 2.18. The molecule has 0 saturated carbocycles. The third kappa shape index (κ3) is 4.25. The molecule has 3 heterocycles. The van der Waals surface area contributed by atoms with E-state index in [1.165, 1.54) is 16.9 Å². The number of aromatic amines is 1. The molecule has 3 aromatic carbocycles. The Morgan fingerprint density at radius 1 is 1.05 bits per heavy atom. The predicted molar refractivity (Wildman–Crippen MR) is 149 cm³/mol. The molecule has 0 radical (unpaired) electrons. The number of ether oxygens (including phenoxy) is 1. The van der Waals surface area contributed by atoms with Crippen LogP contribution in [0.4, 0.5) is 11.4 Å². The first-order valence-corrected chi connectivity index (χ1v) is 12.9. The Hall–Kier alpha value is -4.43. The zero-order valence-corrected chi connectivity index (χ0v) is 21.5. The van der Waals surface area contributed by atoms with Crippen LogP contribution in [0.1, 0.15) is 22.4 Å². The maximum absolute atomic E-state index is 11.9. The lowest BCUT2D eigenvalue weighted by Crippen LogP contribution is -2.25. The summed E-state index contributed by atoms with van der Waals surface area (Å²) in [6, 6.07) is 20.1. The number of aromatic nitrogens is 2. The second-order valence-electron chi connectivity index (χ2n) is 9.05. The average molecular weight is 508 g/mol. The molecular weight excluding hydrogens is 482 g/mol. The molecule has 0 saturated heterocycles. The molecule has 8 heteroatoms. The standard InChI is InChI=1S/C29H25N5O2S/c1-17-7-6-10-23(18(17)2)33-29-34(30-14-22-19(3)31-24-9-5-4-8-21(22)24)26(16-37-29)20-11-12-27-25(13-20)32-28(35)15-36-27/h4-14,16,31H,15H2,1-3H3,(H,32,35). The fourth-order valence-corrected chi connectivity index (χ4v) is 5.32. The molecule has 37 heavy (non-hydrogen) atoms. The number of hydrogen-bond acceptors (Lipinski definition) is 5. The molecule has 5 aromatic rings. The molecule has 1 aliphatic rings. The highest BCUT2D eigenvalue weighted by Crippen LogP contribution is 2.33. The van der Waals surface area contributed by atoms with E-state index in [4.69, 9.17) is 14.8 Å². The van der Waals surface area contributed by atoms with E-state index < -0.39 is 0 Å². The number of nitrogens with one attached hydrogen (secondary N) is 2. The summed E-state index contributed by atoms with van der Waals surface area (Å²) in [6.07, 6.45) is 1.88. The minimum Gasteiger partial charge on any atom is -0.482 e. The smallest absolute Gasteiger partial charge is 0.262 e. The number of aryl methyl sites for hydroxylation is 2. The Morgan fingerprint density at radius 2 is 1.92 bits per heavy atom. The molecule has 2 aromatic heterocycles. The maximum Gasteiger partial charge on any atom is 0.262 e. The predicted octanol–water partition coefficient (Wildman–Crippen LogP) is 6.07. The zero-order valence-electron chi connectivity index (χ0n) is 20.7. The van der Waals surface area contributed by atoms with Crippen LogP contribution in [0.3, 0.4) is 0 Å². The number of fused-ring (bicyclic) bond motifs is 2. The number of benzene rings is 3. The van der Waals surface area contributed by atoms with Gasteiger partial charge in [0.25, 0.3) is 5.91 Å². The van der Waals surface area contributed by atoms with Crippen LogP contribution in [0.5, 0.6) is 5.75 Å². The van der Waals surface area contributed by atoms with Crippen LogP contribution in [0, 0.1) is 20.8 Å². The largest absolute Gasteiger partial charge is 0.482 e. The number of hydrogen-bond donors (Lipinski definition) is 2. The van der Waals surface area contributed by atoms with Gasteiger partial charge < -0.3 is 15.0 Å². The fourth-order valence-electron chi connectivity index (χ4n) is 4.47. The van der Waals surface area contributed by atoms with Crippen molar-refractivity contribution in [1.29, 1.82) is 0 Å². The Labute approximate surface area is 217 Å². The van der Waals surface area contributed by atoms with Crippen molar-refractivity contribution >= 4 is 45.7 Å². The highest BCUT2D eigenvalue weighted by molar-refractivity contribution is 7.07. The van der Waals surface area contributed by atoms with Gasteiger partial charge in [0.2, 0.25) is 4.80 Å². The van der Waals surface area contributed by atoms with Gasteiger partial charge in [0.15, 0.2) is 6.61 Å². The second kappa shape index (κ2) is 9.22. The van der Waals surface area contributed by atoms with Crippen LogP contribution in [0.25, 0.3) is 22.2 Å². The van der Waals surface area contributed by atoms with Gasteiger partial charge in [0.05, 0.1) is 23.3 Å². The van der Waals surface area contributed by atoms with Crippen LogP contribution in [-0.4, -0.2) is 28.4 Å². The van der Waals surface area contributed by atoms with Gasteiger partial charge in [-0.25, -0.2) is 9.67 Å². The van der Waals surface area contributed by atoms with Crippen LogP contribution < -0.4 is 14.9 Å². The van der Waals surface area contributed by atoms with Crippen molar-refractivity contribution in [3.05, 3.63) is 93.2 Å². The van der Waals surface area contributed by atoms with Crippen molar-refractivity contribution in [2.45, 2.75) is 20.8 Å². The van der Waals surface area contributed by atoms with E-state index in [-0.39, 0.29) is 12.5 Å². The summed E-state index contributed by atoms with van der Waals surface area (Å²) in [5, 5.41) is 11.0. The summed E-state index contributed by atoms with van der Waals surface area (Å²) < 4.78 is 7.41. The Balaban J connectivity index is 1.52. The van der Waals surface area contributed by atoms with Gasteiger partial charge in [-0.2, -0.15) is 5.10 Å². The lowest BCUT2D eigenvalue weighted by molar-refractivity contribution is -0.118.